The van der Waals surface area contributed by atoms with Crippen molar-refractivity contribution in [1.29, 1.82) is 0 Å². The van der Waals surface area contributed by atoms with E-state index in [4.69, 9.17) is 11.6 Å². The van der Waals surface area contributed by atoms with Crippen LogP contribution >= 0.6 is 22.9 Å². The van der Waals surface area contributed by atoms with Crippen molar-refractivity contribution in [2.75, 3.05) is 0 Å². The lowest BCUT2D eigenvalue weighted by Gasteiger charge is -1.99. The zero-order valence-corrected chi connectivity index (χ0v) is 12.0. The predicted molar refractivity (Wildman–Crippen MR) is 80.2 cm³/mol. The molecule has 0 fully saturated rings. The molecule has 0 bridgehead atoms. The van der Waals surface area contributed by atoms with Gasteiger partial charge in [0, 0.05) is 20.3 Å². The average Bonchev–Trinajstić information content (AvgIpc) is 2.87. The molecule has 98 valence electrons. The highest BCUT2D eigenvalue weighted by molar-refractivity contribution is 7.13. The second kappa shape index (κ2) is 6.50. The van der Waals surface area contributed by atoms with Crippen LogP contribution < -0.4 is 5.43 Å². The first-order chi connectivity index (χ1) is 9.19. The van der Waals surface area contributed by atoms with E-state index in [0.717, 1.165) is 11.3 Å². The SMILES string of the molecule is CCc1ccc(/C=N/NC(=O)c2ccc(Cl)cc2)s1. The number of halogens is 1. The summed E-state index contributed by atoms with van der Waals surface area (Å²) in [4.78, 5) is 14.1. The maximum absolute atomic E-state index is 11.7. The van der Waals surface area contributed by atoms with Crippen molar-refractivity contribution < 1.29 is 4.79 Å². The lowest BCUT2D eigenvalue weighted by Crippen LogP contribution is -2.17. The fourth-order valence-electron chi connectivity index (χ4n) is 1.47. The third-order valence-corrected chi connectivity index (χ3v) is 3.91. The van der Waals surface area contributed by atoms with Gasteiger partial charge in [-0.15, -0.1) is 11.3 Å². The van der Waals surface area contributed by atoms with Gasteiger partial charge >= 0.3 is 0 Å². The Kier molecular flexibility index (Phi) is 4.71. The minimum Gasteiger partial charge on any atom is -0.267 e. The molecule has 1 aromatic heterocycles. The van der Waals surface area contributed by atoms with Crippen LogP contribution in [0.2, 0.25) is 5.02 Å². The standard InChI is InChI=1S/C14H13ClN2OS/c1-2-12-7-8-13(19-12)9-16-17-14(18)10-3-5-11(15)6-4-10/h3-9H,2H2,1H3,(H,17,18)/b16-9+. The van der Waals surface area contributed by atoms with Gasteiger partial charge < -0.3 is 0 Å². The number of aryl methyl sites for hydroxylation is 1. The summed E-state index contributed by atoms with van der Waals surface area (Å²) in [5.74, 6) is -0.250. The molecule has 2 rings (SSSR count). The van der Waals surface area contributed by atoms with Gasteiger partial charge in [0.1, 0.15) is 0 Å². The summed E-state index contributed by atoms with van der Waals surface area (Å²) in [5, 5.41) is 4.54. The van der Waals surface area contributed by atoms with Gasteiger partial charge in [0.25, 0.3) is 5.91 Å². The van der Waals surface area contributed by atoms with Crippen molar-refractivity contribution in [3.8, 4) is 0 Å². The molecule has 1 aromatic carbocycles. The van der Waals surface area contributed by atoms with Crippen LogP contribution in [0.25, 0.3) is 0 Å². The normalized spacial score (nSPS) is 10.8. The monoisotopic (exact) mass is 292 g/mol. The summed E-state index contributed by atoms with van der Waals surface area (Å²) in [6.07, 6.45) is 2.66. The van der Waals surface area contributed by atoms with E-state index in [0.29, 0.717) is 10.6 Å². The van der Waals surface area contributed by atoms with E-state index >= 15 is 0 Å². The molecule has 0 aliphatic carbocycles. The Balaban J connectivity index is 1.94. The number of nitrogens with zero attached hydrogens (tertiary/aromatic N) is 1. The van der Waals surface area contributed by atoms with Gasteiger partial charge in [-0.3, -0.25) is 4.79 Å². The Morgan fingerprint density at radius 2 is 2.05 bits per heavy atom. The molecule has 0 atom stereocenters. The van der Waals surface area contributed by atoms with Gasteiger partial charge in [0.2, 0.25) is 0 Å². The van der Waals surface area contributed by atoms with Crippen LogP contribution in [0.1, 0.15) is 27.0 Å². The van der Waals surface area contributed by atoms with Crippen molar-refractivity contribution in [1.82, 2.24) is 5.43 Å². The minimum atomic E-state index is -0.250. The van der Waals surface area contributed by atoms with Crippen molar-refractivity contribution in [2.24, 2.45) is 5.10 Å². The van der Waals surface area contributed by atoms with E-state index in [9.17, 15) is 4.79 Å². The average molecular weight is 293 g/mol. The van der Waals surface area contributed by atoms with E-state index in [1.165, 1.54) is 4.88 Å². The van der Waals surface area contributed by atoms with E-state index in [-0.39, 0.29) is 5.91 Å². The van der Waals surface area contributed by atoms with Crippen LogP contribution in [0.3, 0.4) is 0 Å². The number of benzene rings is 1. The van der Waals surface area contributed by atoms with Gasteiger partial charge in [-0.25, -0.2) is 5.43 Å². The molecule has 0 aliphatic heterocycles. The van der Waals surface area contributed by atoms with Crippen molar-refractivity contribution in [2.45, 2.75) is 13.3 Å². The maximum atomic E-state index is 11.7. The number of rotatable bonds is 4. The zero-order valence-electron chi connectivity index (χ0n) is 10.4. The lowest BCUT2D eigenvalue weighted by atomic mass is 10.2. The van der Waals surface area contributed by atoms with Gasteiger partial charge in [-0.2, -0.15) is 5.10 Å². The molecule has 0 radical (unpaired) electrons. The first kappa shape index (κ1) is 13.8. The number of carbonyl (C=O) groups is 1. The third-order valence-electron chi connectivity index (χ3n) is 2.50. The number of amides is 1. The van der Waals surface area contributed by atoms with Gasteiger partial charge in [-0.05, 0) is 42.8 Å². The summed E-state index contributed by atoms with van der Waals surface area (Å²) >= 11 is 7.42. The Morgan fingerprint density at radius 3 is 2.68 bits per heavy atom. The van der Waals surface area contributed by atoms with Crippen LogP contribution in [0.4, 0.5) is 0 Å². The van der Waals surface area contributed by atoms with Crippen LogP contribution in [-0.4, -0.2) is 12.1 Å². The number of thiophene rings is 1. The number of hydrogen-bond donors (Lipinski definition) is 1. The molecular formula is C14H13ClN2OS. The fourth-order valence-corrected chi connectivity index (χ4v) is 2.42. The quantitative estimate of drug-likeness (QED) is 0.677. The molecule has 0 aliphatic rings. The van der Waals surface area contributed by atoms with Gasteiger partial charge in [0.05, 0.1) is 6.21 Å². The third kappa shape index (κ3) is 3.91. The maximum Gasteiger partial charge on any atom is 0.271 e. The Labute approximate surface area is 120 Å². The molecule has 5 heteroatoms. The second-order valence-electron chi connectivity index (χ2n) is 3.86. The highest BCUT2D eigenvalue weighted by Gasteiger charge is 2.03. The van der Waals surface area contributed by atoms with Crippen molar-refractivity contribution in [3.63, 3.8) is 0 Å². The molecule has 1 N–H and O–H groups in total. The molecule has 3 nitrogen and oxygen atoms in total. The first-order valence-corrected chi connectivity index (χ1v) is 7.06. The Hall–Kier alpha value is -1.65. The smallest absolute Gasteiger partial charge is 0.267 e. The van der Waals surface area contributed by atoms with Crippen LogP contribution in [0.15, 0.2) is 41.5 Å². The molecule has 19 heavy (non-hydrogen) atoms. The fraction of sp³-hybridized carbons (Fsp3) is 0.143. The van der Waals surface area contributed by atoms with Gasteiger partial charge in [0.15, 0.2) is 0 Å². The van der Waals surface area contributed by atoms with E-state index in [1.807, 2.05) is 6.07 Å². The largest absolute Gasteiger partial charge is 0.271 e. The summed E-state index contributed by atoms with van der Waals surface area (Å²) < 4.78 is 0. The van der Waals surface area contributed by atoms with E-state index < -0.39 is 0 Å². The molecule has 0 spiro atoms. The van der Waals surface area contributed by atoms with E-state index in [2.05, 4.69) is 23.5 Å². The second-order valence-corrected chi connectivity index (χ2v) is 5.50. The molecule has 0 saturated heterocycles. The molecule has 0 saturated carbocycles. The number of carbonyl (C=O) groups excluding carboxylic acids is 1. The van der Waals surface area contributed by atoms with Crippen molar-refractivity contribution >= 4 is 35.1 Å². The summed E-state index contributed by atoms with van der Waals surface area (Å²) in [7, 11) is 0. The van der Waals surface area contributed by atoms with Gasteiger partial charge in [-0.1, -0.05) is 18.5 Å². The number of hydrogen-bond acceptors (Lipinski definition) is 3. The topological polar surface area (TPSA) is 41.5 Å². The van der Waals surface area contributed by atoms with Crippen LogP contribution in [0, 0.1) is 0 Å². The summed E-state index contributed by atoms with van der Waals surface area (Å²) in [6.45, 7) is 2.11. The molecular weight excluding hydrogens is 280 g/mol. The highest BCUT2D eigenvalue weighted by Crippen LogP contribution is 2.14. The minimum absolute atomic E-state index is 0.250. The van der Waals surface area contributed by atoms with E-state index in [1.54, 1.807) is 41.8 Å². The van der Waals surface area contributed by atoms with Crippen molar-refractivity contribution in [3.05, 3.63) is 56.7 Å². The molecule has 2 aromatic rings. The number of nitrogens with one attached hydrogen (secondary N) is 1. The zero-order chi connectivity index (χ0) is 13.7. The number of hydrazone groups is 1. The first-order valence-electron chi connectivity index (χ1n) is 5.86. The molecule has 1 heterocycles. The summed E-state index contributed by atoms with van der Waals surface area (Å²) in [6, 6.07) is 10.7. The molecule has 0 unspecified atom stereocenters. The summed E-state index contributed by atoms with van der Waals surface area (Å²) in [5.41, 5.74) is 3.02. The Morgan fingerprint density at radius 1 is 1.32 bits per heavy atom. The predicted octanol–water partition coefficient (Wildman–Crippen LogP) is 3.73. The van der Waals surface area contributed by atoms with Crippen LogP contribution in [-0.2, 0) is 6.42 Å². The lowest BCUT2D eigenvalue weighted by molar-refractivity contribution is 0.0955. The van der Waals surface area contributed by atoms with Crippen LogP contribution in [0.5, 0.6) is 0 Å². The Bertz CT molecular complexity index is 590. The highest BCUT2D eigenvalue weighted by atomic mass is 35.5. The molecule has 1 amide bonds.